The number of fused-ring (bicyclic) bond motifs is 1. The Balaban J connectivity index is 1.76. The van der Waals surface area contributed by atoms with Gasteiger partial charge in [-0.05, 0) is 62.3 Å². The van der Waals surface area contributed by atoms with Crippen LogP contribution in [0.1, 0.15) is 44.0 Å². The fourth-order valence-electron chi connectivity index (χ4n) is 3.74. The van der Waals surface area contributed by atoms with E-state index >= 15 is 0 Å². The first kappa shape index (κ1) is 17.5. The highest BCUT2D eigenvalue weighted by Crippen LogP contribution is 2.39. The standard InChI is InChI=1S/C20H23BrN4O/c1-5-25-16-11-20(3,4)9-8-15(16)17(23-25)19-22-18(24-26-19)14-7-6-13(21)10-12(14)2/h6-7,10H,5,8-9,11H2,1-4H3. The van der Waals surface area contributed by atoms with Gasteiger partial charge in [0.1, 0.15) is 0 Å². The molecule has 1 aliphatic carbocycles. The minimum atomic E-state index is 0.311. The molecule has 0 bridgehead atoms. The van der Waals surface area contributed by atoms with Crippen LogP contribution in [0.15, 0.2) is 27.2 Å². The van der Waals surface area contributed by atoms with Crippen molar-refractivity contribution in [2.75, 3.05) is 0 Å². The van der Waals surface area contributed by atoms with Crippen LogP contribution in [-0.2, 0) is 19.4 Å². The molecule has 0 fully saturated rings. The Morgan fingerprint density at radius 3 is 2.85 bits per heavy atom. The van der Waals surface area contributed by atoms with Crippen molar-refractivity contribution < 1.29 is 4.52 Å². The van der Waals surface area contributed by atoms with Gasteiger partial charge >= 0.3 is 0 Å². The average Bonchev–Trinajstić information content (AvgIpc) is 3.18. The highest BCUT2D eigenvalue weighted by Gasteiger charge is 2.32. The number of aryl methyl sites for hydroxylation is 2. The van der Waals surface area contributed by atoms with E-state index < -0.39 is 0 Å². The molecule has 3 aromatic rings. The molecule has 0 saturated heterocycles. The predicted molar refractivity (Wildman–Crippen MR) is 105 cm³/mol. The zero-order valence-electron chi connectivity index (χ0n) is 15.6. The van der Waals surface area contributed by atoms with Gasteiger partial charge in [0, 0.05) is 27.8 Å². The van der Waals surface area contributed by atoms with Crippen LogP contribution in [-0.4, -0.2) is 19.9 Å². The molecule has 2 aromatic heterocycles. The number of benzene rings is 1. The van der Waals surface area contributed by atoms with Crippen LogP contribution in [0, 0.1) is 12.3 Å². The highest BCUT2D eigenvalue weighted by molar-refractivity contribution is 9.10. The molecule has 6 heteroatoms. The Bertz CT molecular complexity index is 970. The van der Waals surface area contributed by atoms with Gasteiger partial charge in [-0.2, -0.15) is 10.1 Å². The average molecular weight is 415 g/mol. The molecule has 1 aromatic carbocycles. The Morgan fingerprint density at radius 2 is 2.12 bits per heavy atom. The van der Waals surface area contributed by atoms with E-state index in [2.05, 4.69) is 57.6 Å². The summed E-state index contributed by atoms with van der Waals surface area (Å²) in [5, 5.41) is 9.02. The molecule has 26 heavy (non-hydrogen) atoms. The summed E-state index contributed by atoms with van der Waals surface area (Å²) in [6.07, 6.45) is 3.19. The van der Waals surface area contributed by atoms with Crippen LogP contribution in [0.5, 0.6) is 0 Å². The maximum Gasteiger partial charge on any atom is 0.279 e. The first-order valence-electron chi connectivity index (χ1n) is 9.07. The fraction of sp³-hybridized carbons (Fsp3) is 0.450. The molecule has 1 aliphatic rings. The van der Waals surface area contributed by atoms with Gasteiger partial charge in [0.2, 0.25) is 5.82 Å². The molecular weight excluding hydrogens is 392 g/mol. The van der Waals surface area contributed by atoms with Crippen molar-refractivity contribution in [1.82, 2.24) is 19.9 Å². The summed E-state index contributed by atoms with van der Waals surface area (Å²) in [7, 11) is 0. The normalized spacial score (nSPS) is 15.9. The third-order valence-electron chi connectivity index (χ3n) is 5.22. The van der Waals surface area contributed by atoms with E-state index in [0.29, 0.717) is 17.1 Å². The molecule has 0 aliphatic heterocycles. The van der Waals surface area contributed by atoms with Crippen LogP contribution >= 0.6 is 15.9 Å². The van der Waals surface area contributed by atoms with Crippen LogP contribution < -0.4 is 0 Å². The van der Waals surface area contributed by atoms with Crippen molar-refractivity contribution in [2.45, 2.75) is 53.5 Å². The van der Waals surface area contributed by atoms with Gasteiger partial charge in [0.15, 0.2) is 5.69 Å². The molecule has 2 heterocycles. The molecule has 0 amide bonds. The van der Waals surface area contributed by atoms with Crippen molar-refractivity contribution in [3.05, 3.63) is 39.5 Å². The maximum atomic E-state index is 5.62. The van der Waals surface area contributed by atoms with Crippen LogP contribution in [0.25, 0.3) is 23.0 Å². The molecule has 136 valence electrons. The van der Waals surface area contributed by atoms with Crippen LogP contribution in [0.2, 0.25) is 0 Å². The van der Waals surface area contributed by atoms with Crippen molar-refractivity contribution in [2.24, 2.45) is 5.41 Å². The van der Waals surface area contributed by atoms with Gasteiger partial charge in [-0.3, -0.25) is 4.68 Å². The molecule has 0 radical (unpaired) electrons. The second-order valence-electron chi connectivity index (χ2n) is 7.81. The van der Waals surface area contributed by atoms with Gasteiger partial charge in [-0.15, -0.1) is 0 Å². The Labute approximate surface area is 161 Å². The quantitative estimate of drug-likeness (QED) is 0.590. The van der Waals surface area contributed by atoms with Gasteiger partial charge in [0.05, 0.1) is 0 Å². The van der Waals surface area contributed by atoms with Gasteiger partial charge in [-0.1, -0.05) is 34.9 Å². The molecule has 0 saturated carbocycles. The summed E-state index contributed by atoms with van der Waals surface area (Å²) < 4.78 is 8.76. The minimum Gasteiger partial charge on any atom is -0.332 e. The lowest BCUT2D eigenvalue weighted by molar-refractivity contribution is 0.304. The summed E-state index contributed by atoms with van der Waals surface area (Å²) in [5.41, 5.74) is 5.84. The van der Waals surface area contributed by atoms with E-state index in [4.69, 9.17) is 9.62 Å². The van der Waals surface area contributed by atoms with Crippen molar-refractivity contribution >= 4 is 15.9 Å². The lowest BCUT2D eigenvalue weighted by Gasteiger charge is -2.30. The molecule has 0 spiro atoms. The zero-order valence-corrected chi connectivity index (χ0v) is 17.2. The van der Waals surface area contributed by atoms with E-state index in [1.54, 1.807) is 0 Å². The van der Waals surface area contributed by atoms with Crippen LogP contribution in [0.4, 0.5) is 0 Å². The molecule has 5 nitrogen and oxygen atoms in total. The number of rotatable bonds is 3. The number of hydrogen-bond acceptors (Lipinski definition) is 4. The van der Waals surface area contributed by atoms with E-state index in [0.717, 1.165) is 47.1 Å². The SMILES string of the molecule is CCn1nc(-c2nc(-c3ccc(Br)cc3C)no2)c2c1CC(C)(C)CC2. The maximum absolute atomic E-state index is 5.62. The largest absolute Gasteiger partial charge is 0.332 e. The Hall–Kier alpha value is -1.95. The van der Waals surface area contributed by atoms with Crippen LogP contribution in [0.3, 0.4) is 0 Å². The number of nitrogens with zero attached hydrogens (tertiary/aromatic N) is 4. The Kier molecular flexibility index (Phi) is 4.26. The number of hydrogen-bond donors (Lipinski definition) is 0. The monoisotopic (exact) mass is 414 g/mol. The molecular formula is C20H23BrN4O. The summed E-state index contributed by atoms with van der Waals surface area (Å²) in [6, 6.07) is 6.06. The highest BCUT2D eigenvalue weighted by atomic mass is 79.9. The predicted octanol–water partition coefficient (Wildman–Crippen LogP) is 5.21. The van der Waals surface area contributed by atoms with Crippen molar-refractivity contribution in [3.63, 3.8) is 0 Å². The molecule has 0 atom stereocenters. The Morgan fingerprint density at radius 1 is 1.31 bits per heavy atom. The summed E-state index contributed by atoms with van der Waals surface area (Å²) >= 11 is 3.49. The lowest BCUT2D eigenvalue weighted by atomic mass is 9.76. The second-order valence-corrected chi connectivity index (χ2v) is 8.73. The smallest absolute Gasteiger partial charge is 0.279 e. The lowest BCUT2D eigenvalue weighted by Crippen LogP contribution is -2.24. The van der Waals surface area contributed by atoms with E-state index in [-0.39, 0.29) is 0 Å². The van der Waals surface area contributed by atoms with Crippen molar-refractivity contribution in [3.8, 4) is 23.0 Å². The van der Waals surface area contributed by atoms with E-state index in [9.17, 15) is 0 Å². The second kappa shape index (κ2) is 6.34. The first-order chi connectivity index (χ1) is 12.4. The van der Waals surface area contributed by atoms with E-state index in [1.165, 1.54) is 11.3 Å². The molecule has 4 rings (SSSR count). The number of aromatic nitrogens is 4. The number of halogens is 1. The van der Waals surface area contributed by atoms with E-state index in [1.807, 2.05) is 19.1 Å². The topological polar surface area (TPSA) is 56.7 Å². The van der Waals surface area contributed by atoms with Gasteiger partial charge in [0.25, 0.3) is 5.89 Å². The zero-order chi connectivity index (χ0) is 18.5. The summed E-state index contributed by atoms with van der Waals surface area (Å²) in [5.74, 6) is 1.13. The third-order valence-corrected chi connectivity index (χ3v) is 5.71. The summed E-state index contributed by atoms with van der Waals surface area (Å²) in [6.45, 7) is 9.67. The molecule has 0 unspecified atom stereocenters. The fourth-order valence-corrected chi connectivity index (χ4v) is 4.22. The van der Waals surface area contributed by atoms with Gasteiger partial charge in [-0.25, -0.2) is 0 Å². The third kappa shape index (κ3) is 3.00. The first-order valence-corrected chi connectivity index (χ1v) is 9.86. The summed E-state index contributed by atoms with van der Waals surface area (Å²) in [4.78, 5) is 4.66. The van der Waals surface area contributed by atoms with Gasteiger partial charge < -0.3 is 4.52 Å². The van der Waals surface area contributed by atoms with Crippen molar-refractivity contribution in [1.29, 1.82) is 0 Å². The molecule has 0 N–H and O–H groups in total. The minimum absolute atomic E-state index is 0.311.